The minimum atomic E-state index is -0.833. The van der Waals surface area contributed by atoms with Crippen LogP contribution in [-0.4, -0.2) is 16.1 Å². The van der Waals surface area contributed by atoms with Crippen molar-refractivity contribution in [3.05, 3.63) is 30.1 Å². The van der Waals surface area contributed by atoms with E-state index in [4.69, 9.17) is 9.90 Å². The molecule has 1 fully saturated rings. The van der Waals surface area contributed by atoms with Crippen molar-refractivity contribution < 1.29 is 9.90 Å². The van der Waals surface area contributed by atoms with Crippen molar-refractivity contribution >= 4 is 5.97 Å². The molecule has 1 aromatic rings. The van der Waals surface area contributed by atoms with E-state index in [9.17, 15) is 0 Å². The van der Waals surface area contributed by atoms with E-state index in [1.165, 1.54) is 18.5 Å². The molecule has 0 unspecified atom stereocenters. The van der Waals surface area contributed by atoms with Crippen LogP contribution in [0.15, 0.2) is 24.4 Å². The van der Waals surface area contributed by atoms with Gasteiger partial charge in [-0.05, 0) is 25.0 Å². The van der Waals surface area contributed by atoms with Gasteiger partial charge in [0.05, 0.1) is 0 Å². The fraction of sp³-hybridized carbons (Fsp3) is 0.400. The van der Waals surface area contributed by atoms with Gasteiger partial charge in [-0.3, -0.25) is 9.78 Å². The molecule has 0 aromatic carbocycles. The van der Waals surface area contributed by atoms with Gasteiger partial charge in [-0.1, -0.05) is 6.07 Å². The molecule has 70 valence electrons. The van der Waals surface area contributed by atoms with E-state index in [-0.39, 0.29) is 0 Å². The normalized spacial score (nSPS) is 14.2. The van der Waals surface area contributed by atoms with Crippen molar-refractivity contribution in [2.24, 2.45) is 0 Å². The third-order valence-corrected chi connectivity index (χ3v) is 1.68. The van der Waals surface area contributed by atoms with Gasteiger partial charge in [0.15, 0.2) is 0 Å². The molecule has 13 heavy (non-hydrogen) atoms. The zero-order valence-electron chi connectivity index (χ0n) is 7.60. The van der Waals surface area contributed by atoms with Crippen LogP contribution in [0.1, 0.15) is 31.4 Å². The molecule has 3 nitrogen and oxygen atoms in total. The second kappa shape index (κ2) is 4.60. The van der Waals surface area contributed by atoms with Crippen molar-refractivity contribution in [2.45, 2.75) is 25.7 Å². The molecule has 1 heterocycles. The molecule has 2 rings (SSSR count). The van der Waals surface area contributed by atoms with Gasteiger partial charge in [-0.2, -0.15) is 0 Å². The molecule has 1 aromatic heterocycles. The fourth-order valence-electron chi connectivity index (χ4n) is 0.997. The lowest BCUT2D eigenvalue weighted by Gasteiger charge is -1.91. The molecule has 1 N–H and O–H groups in total. The van der Waals surface area contributed by atoms with Crippen LogP contribution < -0.4 is 0 Å². The van der Waals surface area contributed by atoms with Crippen molar-refractivity contribution in [1.29, 1.82) is 0 Å². The van der Waals surface area contributed by atoms with Gasteiger partial charge in [-0.15, -0.1) is 0 Å². The van der Waals surface area contributed by atoms with E-state index in [2.05, 4.69) is 17.1 Å². The molecule has 0 atom stereocenters. The van der Waals surface area contributed by atoms with Crippen molar-refractivity contribution in [3.63, 3.8) is 0 Å². The topological polar surface area (TPSA) is 50.2 Å². The minimum Gasteiger partial charge on any atom is -0.481 e. The number of aliphatic carboxylic acids is 1. The van der Waals surface area contributed by atoms with Gasteiger partial charge >= 0.3 is 0 Å². The molecule has 1 aliphatic carbocycles. The zero-order valence-corrected chi connectivity index (χ0v) is 7.60. The van der Waals surface area contributed by atoms with E-state index in [1.807, 2.05) is 12.3 Å². The van der Waals surface area contributed by atoms with Crippen LogP contribution >= 0.6 is 0 Å². The maximum absolute atomic E-state index is 9.00. The first-order valence-electron chi connectivity index (χ1n) is 4.30. The van der Waals surface area contributed by atoms with E-state index < -0.39 is 5.97 Å². The summed E-state index contributed by atoms with van der Waals surface area (Å²) in [5, 5.41) is 7.42. The molecule has 1 saturated carbocycles. The maximum atomic E-state index is 9.00. The highest BCUT2D eigenvalue weighted by atomic mass is 16.4. The number of hydrogen-bond acceptors (Lipinski definition) is 2. The summed E-state index contributed by atoms with van der Waals surface area (Å²) in [7, 11) is 0. The minimum absolute atomic E-state index is 0.797. The highest BCUT2D eigenvalue weighted by molar-refractivity contribution is 5.62. The second-order valence-corrected chi connectivity index (χ2v) is 3.05. The van der Waals surface area contributed by atoms with Crippen LogP contribution in [0, 0.1) is 0 Å². The van der Waals surface area contributed by atoms with E-state index in [0.717, 1.165) is 12.8 Å². The summed E-state index contributed by atoms with van der Waals surface area (Å²) < 4.78 is 0. The van der Waals surface area contributed by atoms with Gasteiger partial charge < -0.3 is 5.11 Å². The Hall–Kier alpha value is -1.38. The van der Waals surface area contributed by atoms with E-state index in [1.54, 1.807) is 0 Å². The van der Waals surface area contributed by atoms with Gasteiger partial charge in [-0.25, -0.2) is 0 Å². The highest BCUT2D eigenvalue weighted by Crippen LogP contribution is 2.38. The van der Waals surface area contributed by atoms with Gasteiger partial charge in [0, 0.05) is 24.7 Å². The third-order valence-electron chi connectivity index (χ3n) is 1.68. The van der Waals surface area contributed by atoms with Crippen molar-refractivity contribution in [1.82, 2.24) is 4.98 Å². The molecule has 0 amide bonds. The number of pyridine rings is 1. The summed E-state index contributed by atoms with van der Waals surface area (Å²) in [4.78, 5) is 13.2. The smallest absolute Gasteiger partial charge is 0.300 e. The van der Waals surface area contributed by atoms with Crippen LogP contribution in [0.3, 0.4) is 0 Å². The van der Waals surface area contributed by atoms with Crippen LogP contribution in [-0.2, 0) is 4.79 Å². The Morgan fingerprint density at radius 3 is 2.54 bits per heavy atom. The molecule has 0 bridgehead atoms. The highest BCUT2D eigenvalue weighted by Gasteiger charge is 2.23. The van der Waals surface area contributed by atoms with Crippen LogP contribution in [0.5, 0.6) is 0 Å². The summed E-state index contributed by atoms with van der Waals surface area (Å²) in [5.74, 6) is -0.0359. The standard InChI is InChI=1S/C8H9N.C2H4O2/c1-2-6-9-8(3-1)7-4-5-7;1-2(3)4/h1-3,6-7H,4-5H2;1H3,(H,3,4). The number of rotatable bonds is 1. The lowest BCUT2D eigenvalue weighted by Crippen LogP contribution is -1.81. The average Bonchev–Trinajstić information content (AvgIpc) is 2.87. The Kier molecular flexibility index (Phi) is 3.43. The summed E-state index contributed by atoms with van der Waals surface area (Å²) in [5.41, 5.74) is 1.28. The molecular weight excluding hydrogens is 166 g/mol. The Balaban J connectivity index is 0.000000184. The first-order valence-corrected chi connectivity index (χ1v) is 4.30. The predicted octanol–water partition coefficient (Wildman–Crippen LogP) is 2.05. The molecule has 0 aliphatic heterocycles. The Labute approximate surface area is 77.4 Å². The summed E-state index contributed by atoms with van der Waals surface area (Å²) in [6.45, 7) is 1.08. The largest absolute Gasteiger partial charge is 0.481 e. The van der Waals surface area contributed by atoms with Crippen LogP contribution in [0.25, 0.3) is 0 Å². The van der Waals surface area contributed by atoms with Crippen molar-refractivity contribution in [3.8, 4) is 0 Å². The average molecular weight is 179 g/mol. The molecule has 0 radical (unpaired) electrons. The number of carboxylic acids is 1. The van der Waals surface area contributed by atoms with Gasteiger partial charge in [0.2, 0.25) is 0 Å². The lowest BCUT2D eigenvalue weighted by atomic mass is 10.3. The number of nitrogens with zero attached hydrogens (tertiary/aromatic N) is 1. The van der Waals surface area contributed by atoms with E-state index in [0.29, 0.717) is 0 Å². The molecule has 0 spiro atoms. The van der Waals surface area contributed by atoms with Gasteiger partial charge in [0.25, 0.3) is 5.97 Å². The van der Waals surface area contributed by atoms with E-state index >= 15 is 0 Å². The van der Waals surface area contributed by atoms with Crippen LogP contribution in [0.4, 0.5) is 0 Å². The first kappa shape index (κ1) is 9.71. The number of carboxylic acid groups (broad SMARTS) is 1. The third kappa shape index (κ3) is 4.25. The van der Waals surface area contributed by atoms with Crippen LogP contribution in [0.2, 0.25) is 0 Å². The second-order valence-electron chi connectivity index (χ2n) is 3.05. The summed E-state index contributed by atoms with van der Waals surface area (Å²) >= 11 is 0. The first-order chi connectivity index (χ1) is 6.20. The number of hydrogen-bond donors (Lipinski definition) is 1. The fourth-order valence-corrected chi connectivity index (χ4v) is 0.997. The molecular formula is C10H13NO2. The van der Waals surface area contributed by atoms with Crippen molar-refractivity contribution in [2.75, 3.05) is 0 Å². The molecule has 3 heteroatoms. The maximum Gasteiger partial charge on any atom is 0.300 e. The Morgan fingerprint density at radius 2 is 2.15 bits per heavy atom. The SMILES string of the molecule is CC(=O)O.c1ccc(C2CC2)nc1. The summed E-state index contributed by atoms with van der Waals surface area (Å²) in [6.07, 6.45) is 4.56. The predicted molar refractivity (Wildman–Crippen MR) is 49.5 cm³/mol. The number of aromatic nitrogens is 1. The quantitative estimate of drug-likeness (QED) is 0.717. The summed E-state index contributed by atoms with van der Waals surface area (Å²) in [6, 6.07) is 6.13. The monoisotopic (exact) mass is 179 g/mol. The van der Waals surface area contributed by atoms with Gasteiger partial charge in [0.1, 0.15) is 0 Å². The Bertz CT molecular complexity index is 264. The number of carbonyl (C=O) groups is 1. The molecule has 1 aliphatic rings. The lowest BCUT2D eigenvalue weighted by molar-refractivity contribution is -0.134. The zero-order chi connectivity index (χ0) is 9.68. The Morgan fingerprint density at radius 1 is 1.54 bits per heavy atom. The molecule has 0 saturated heterocycles.